The fourth-order valence-corrected chi connectivity index (χ4v) is 1.78. The number of carbonyl (C=O) groups is 1. The highest BCUT2D eigenvalue weighted by atomic mass is 16.5. The molecular weight excluding hydrogens is 242 g/mol. The van der Waals surface area contributed by atoms with Crippen LogP contribution in [0, 0.1) is 0 Å². The normalized spacial score (nSPS) is 10.6. The predicted octanol–water partition coefficient (Wildman–Crippen LogP) is 2.93. The van der Waals surface area contributed by atoms with Gasteiger partial charge in [-0.2, -0.15) is 0 Å². The molecular formula is C15H15NO3. The van der Waals surface area contributed by atoms with Crippen molar-refractivity contribution in [1.82, 2.24) is 4.98 Å². The van der Waals surface area contributed by atoms with E-state index in [1.165, 1.54) is 6.08 Å². The molecule has 19 heavy (non-hydrogen) atoms. The lowest BCUT2D eigenvalue weighted by Crippen LogP contribution is -1.95. The number of carbonyl (C=O) groups excluding carboxylic acids is 1. The molecule has 1 heterocycles. The first kappa shape index (κ1) is 13.0. The molecule has 1 N–H and O–H groups in total. The zero-order chi connectivity index (χ0) is 13.7. The third kappa shape index (κ3) is 2.85. The van der Waals surface area contributed by atoms with Gasteiger partial charge >= 0.3 is 0 Å². The molecule has 0 aliphatic carbocycles. The van der Waals surface area contributed by atoms with E-state index in [9.17, 15) is 4.79 Å². The topological polar surface area (TPSA) is 51.3 Å². The number of H-pyrrole nitrogens is 1. The van der Waals surface area contributed by atoms with Gasteiger partial charge in [-0.05, 0) is 36.4 Å². The molecule has 4 heteroatoms. The van der Waals surface area contributed by atoms with E-state index in [1.807, 2.05) is 18.2 Å². The summed E-state index contributed by atoms with van der Waals surface area (Å²) in [5.41, 5.74) is 1.29. The van der Waals surface area contributed by atoms with Crippen LogP contribution >= 0.6 is 0 Å². The highest BCUT2D eigenvalue weighted by Crippen LogP contribution is 2.29. The molecule has 0 amide bonds. The molecule has 0 saturated carbocycles. The Morgan fingerprint density at radius 2 is 1.79 bits per heavy atom. The van der Waals surface area contributed by atoms with E-state index in [0.29, 0.717) is 17.2 Å². The van der Waals surface area contributed by atoms with Crippen molar-refractivity contribution in [2.45, 2.75) is 0 Å². The summed E-state index contributed by atoms with van der Waals surface area (Å²) >= 11 is 0. The van der Waals surface area contributed by atoms with Gasteiger partial charge in [0, 0.05) is 6.20 Å². The average Bonchev–Trinajstić information content (AvgIpc) is 2.98. The monoisotopic (exact) mass is 257 g/mol. The fourth-order valence-electron chi connectivity index (χ4n) is 1.78. The maximum atomic E-state index is 11.9. The Bertz CT molecular complexity index is 563. The van der Waals surface area contributed by atoms with Gasteiger partial charge in [-0.3, -0.25) is 4.79 Å². The minimum atomic E-state index is -0.0991. The Kier molecular flexibility index (Phi) is 4.03. The highest BCUT2D eigenvalue weighted by Gasteiger charge is 2.08. The van der Waals surface area contributed by atoms with E-state index in [1.54, 1.807) is 38.6 Å². The molecule has 1 aromatic heterocycles. The van der Waals surface area contributed by atoms with Crippen molar-refractivity contribution < 1.29 is 14.3 Å². The van der Waals surface area contributed by atoms with Crippen LogP contribution in [0.5, 0.6) is 11.5 Å². The highest BCUT2D eigenvalue weighted by molar-refractivity contribution is 6.05. The van der Waals surface area contributed by atoms with E-state index < -0.39 is 0 Å². The van der Waals surface area contributed by atoms with Crippen LogP contribution < -0.4 is 9.47 Å². The van der Waals surface area contributed by atoms with Crippen LogP contribution in [-0.2, 0) is 0 Å². The number of nitrogens with one attached hydrogen (secondary N) is 1. The summed E-state index contributed by atoms with van der Waals surface area (Å²) in [6.07, 6.45) is 4.90. The SMILES string of the molecule is COc1cccc(OC)c1/C=C/C(=O)c1ccc[nH]1. The number of rotatable bonds is 5. The summed E-state index contributed by atoms with van der Waals surface area (Å²) in [5, 5.41) is 0. The van der Waals surface area contributed by atoms with Crippen LogP contribution in [-0.4, -0.2) is 25.0 Å². The molecule has 0 aliphatic heterocycles. The molecule has 0 atom stereocenters. The van der Waals surface area contributed by atoms with Crippen molar-refractivity contribution in [2.24, 2.45) is 0 Å². The fraction of sp³-hybridized carbons (Fsp3) is 0.133. The Balaban J connectivity index is 2.30. The van der Waals surface area contributed by atoms with Crippen molar-refractivity contribution in [3.05, 3.63) is 53.9 Å². The number of aromatic nitrogens is 1. The number of benzene rings is 1. The van der Waals surface area contributed by atoms with Gasteiger partial charge in [0.15, 0.2) is 0 Å². The zero-order valence-electron chi connectivity index (χ0n) is 10.8. The summed E-state index contributed by atoms with van der Waals surface area (Å²) in [5.74, 6) is 1.22. The van der Waals surface area contributed by atoms with Crippen molar-refractivity contribution in [3.63, 3.8) is 0 Å². The molecule has 0 radical (unpaired) electrons. The third-order valence-corrected chi connectivity index (χ3v) is 2.73. The molecule has 0 saturated heterocycles. The first-order chi connectivity index (χ1) is 9.26. The molecule has 0 spiro atoms. The van der Waals surface area contributed by atoms with Crippen LogP contribution in [0.1, 0.15) is 16.1 Å². The Labute approximate surface area is 111 Å². The van der Waals surface area contributed by atoms with Crippen molar-refractivity contribution in [1.29, 1.82) is 0 Å². The molecule has 98 valence electrons. The van der Waals surface area contributed by atoms with E-state index in [0.717, 1.165) is 5.56 Å². The molecule has 2 rings (SSSR count). The maximum Gasteiger partial charge on any atom is 0.201 e. The van der Waals surface area contributed by atoms with Crippen LogP contribution in [0.15, 0.2) is 42.6 Å². The minimum absolute atomic E-state index is 0.0991. The van der Waals surface area contributed by atoms with Crippen LogP contribution in [0.4, 0.5) is 0 Å². The number of ether oxygens (including phenoxy) is 2. The van der Waals surface area contributed by atoms with Gasteiger partial charge in [0.1, 0.15) is 11.5 Å². The summed E-state index contributed by atoms with van der Waals surface area (Å²) in [6, 6.07) is 8.99. The third-order valence-electron chi connectivity index (χ3n) is 2.73. The number of methoxy groups -OCH3 is 2. The summed E-state index contributed by atoms with van der Waals surface area (Å²) in [4.78, 5) is 14.7. The standard InChI is InChI=1S/C15H15NO3/c1-18-14-6-3-7-15(19-2)11(14)8-9-13(17)12-5-4-10-16-12/h3-10,16H,1-2H3/b9-8+. The quantitative estimate of drug-likeness (QED) is 0.662. The van der Waals surface area contributed by atoms with Crippen molar-refractivity contribution in [2.75, 3.05) is 14.2 Å². The van der Waals surface area contributed by atoms with Crippen LogP contribution in [0.25, 0.3) is 6.08 Å². The van der Waals surface area contributed by atoms with Gasteiger partial charge in [-0.25, -0.2) is 0 Å². The minimum Gasteiger partial charge on any atom is -0.496 e. The molecule has 0 fully saturated rings. The maximum absolute atomic E-state index is 11.9. The van der Waals surface area contributed by atoms with Gasteiger partial charge in [-0.1, -0.05) is 6.07 Å². The first-order valence-corrected chi connectivity index (χ1v) is 5.83. The largest absolute Gasteiger partial charge is 0.496 e. The van der Waals surface area contributed by atoms with Crippen LogP contribution in [0.2, 0.25) is 0 Å². The second kappa shape index (κ2) is 5.91. The van der Waals surface area contributed by atoms with Crippen molar-refractivity contribution >= 4 is 11.9 Å². The smallest absolute Gasteiger partial charge is 0.201 e. The second-order valence-corrected chi connectivity index (χ2v) is 3.86. The number of hydrogen-bond acceptors (Lipinski definition) is 3. The van der Waals surface area contributed by atoms with Gasteiger partial charge in [0.05, 0.1) is 25.5 Å². The average molecular weight is 257 g/mol. The number of ketones is 1. The Morgan fingerprint density at radius 1 is 1.11 bits per heavy atom. The van der Waals surface area contributed by atoms with E-state index in [4.69, 9.17) is 9.47 Å². The van der Waals surface area contributed by atoms with Crippen LogP contribution in [0.3, 0.4) is 0 Å². The molecule has 2 aromatic rings. The number of hydrogen-bond donors (Lipinski definition) is 1. The second-order valence-electron chi connectivity index (χ2n) is 3.86. The molecule has 0 unspecified atom stereocenters. The molecule has 0 bridgehead atoms. The van der Waals surface area contributed by atoms with Gasteiger partial charge in [0.2, 0.25) is 5.78 Å². The molecule has 4 nitrogen and oxygen atoms in total. The lowest BCUT2D eigenvalue weighted by Gasteiger charge is -2.09. The summed E-state index contributed by atoms with van der Waals surface area (Å²) < 4.78 is 10.5. The lowest BCUT2D eigenvalue weighted by molar-refractivity contribution is 0.104. The molecule has 1 aromatic carbocycles. The first-order valence-electron chi connectivity index (χ1n) is 5.83. The Morgan fingerprint density at radius 3 is 2.32 bits per heavy atom. The van der Waals surface area contributed by atoms with E-state index in [-0.39, 0.29) is 5.78 Å². The van der Waals surface area contributed by atoms with E-state index >= 15 is 0 Å². The number of aromatic amines is 1. The number of allylic oxidation sites excluding steroid dienone is 1. The van der Waals surface area contributed by atoms with E-state index in [2.05, 4.69) is 4.98 Å². The molecule has 0 aliphatic rings. The summed E-state index contributed by atoms with van der Waals surface area (Å²) in [7, 11) is 3.16. The Hall–Kier alpha value is -2.49. The predicted molar refractivity (Wildman–Crippen MR) is 73.7 cm³/mol. The lowest BCUT2D eigenvalue weighted by atomic mass is 10.1. The summed E-state index contributed by atoms with van der Waals surface area (Å²) in [6.45, 7) is 0. The van der Waals surface area contributed by atoms with Crippen molar-refractivity contribution in [3.8, 4) is 11.5 Å². The zero-order valence-corrected chi connectivity index (χ0v) is 10.8. The van der Waals surface area contributed by atoms with Gasteiger partial charge in [-0.15, -0.1) is 0 Å². The van der Waals surface area contributed by atoms with Gasteiger partial charge in [0.25, 0.3) is 0 Å². The van der Waals surface area contributed by atoms with Gasteiger partial charge < -0.3 is 14.5 Å².